The molecule has 0 heterocycles. The molecule has 70 valence electrons. The van der Waals surface area contributed by atoms with Gasteiger partial charge in [0.15, 0.2) is 0 Å². The van der Waals surface area contributed by atoms with Crippen LogP contribution in [-0.4, -0.2) is 22.4 Å². The van der Waals surface area contributed by atoms with Crippen LogP contribution in [0.5, 0.6) is 0 Å². The van der Waals surface area contributed by atoms with E-state index in [1.54, 1.807) is 0 Å². The van der Waals surface area contributed by atoms with Gasteiger partial charge in [0.1, 0.15) is 0 Å². The molecule has 0 aromatic carbocycles. The molecule has 0 aromatic heterocycles. The fourth-order valence-electron chi connectivity index (χ4n) is 2.01. The molecule has 0 spiro atoms. The van der Waals surface area contributed by atoms with Crippen LogP contribution in [0.15, 0.2) is 12.2 Å². The molecule has 1 saturated carbocycles. The maximum atomic E-state index is 10.1. The molecule has 2 unspecified atom stereocenters. The van der Waals surface area contributed by atoms with Gasteiger partial charge in [-0.3, -0.25) is 0 Å². The molecular formula is C10H18O2. The van der Waals surface area contributed by atoms with E-state index in [2.05, 4.69) is 0 Å². The first-order valence-electron chi connectivity index (χ1n) is 4.70. The summed E-state index contributed by atoms with van der Waals surface area (Å²) in [6.45, 7) is 2.00. The Labute approximate surface area is 73.9 Å². The van der Waals surface area contributed by atoms with Crippen LogP contribution in [0, 0.1) is 5.92 Å². The van der Waals surface area contributed by atoms with Crippen LogP contribution < -0.4 is 0 Å². The van der Waals surface area contributed by atoms with E-state index in [4.69, 9.17) is 5.11 Å². The summed E-state index contributed by atoms with van der Waals surface area (Å²) in [6.07, 6.45) is 7.63. The molecule has 0 radical (unpaired) electrons. The number of hydrogen-bond donors (Lipinski definition) is 2. The Morgan fingerprint density at radius 1 is 1.50 bits per heavy atom. The summed E-state index contributed by atoms with van der Waals surface area (Å²) >= 11 is 0. The van der Waals surface area contributed by atoms with Crippen LogP contribution in [0.25, 0.3) is 0 Å². The van der Waals surface area contributed by atoms with Gasteiger partial charge in [-0.25, -0.2) is 0 Å². The monoisotopic (exact) mass is 170 g/mol. The van der Waals surface area contributed by atoms with Gasteiger partial charge in [0.2, 0.25) is 0 Å². The molecule has 0 saturated heterocycles. The molecule has 2 heteroatoms. The lowest BCUT2D eigenvalue weighted by Gasteiger charge is -2.36. The molecule has 0 amide bonds. The van der Waals surface area contributed by atoms with Crippen molar-refractivity contribution >= 4 is 0 Å². The van der Waals surface area contributed by atoms with Crippen LogP contribution in [0.2, 0.25) is 0 Å². The fourth-order valence-corrected chi connectivity index (χ4v) is 2.01. The summed E-state index contributed by atoms with van der Waals surface area (Å²) in [4.78, 5) is 0. The second-order valence-corrected chi connectivity index (χ2v) is 3.62. The van der Waals surface area contributed by atoms with Gasteiger partial charge < -0.3 is 10.2 Å². The Morgan fingerprint density at radius 2 is 2.25 bits per heavy atom. The largest absolute Gasteiger partial charge is 0.396 e. The highest BCUT2D eigenvalue weighted by Crippen LogP contribution is 2.34. The van der Waals surface area contributed by atoms with E-state index in [0.717, 1.165) is 25.7 Å². The standard InChI is InChI=1S/C10H18O2/c1-2-6-10(12)7-4-3-5-9(10)8-11/h2,6,9,11-12H,3-5,7-8H2,1H3/b6-2+. The van der Waals surface area contributed by atoms with Crippen molar-refractivity contribution < 1.29 is 10.2 Å². The van der Waals surface area contributed by atoms with Crippen molar-refractivity contribution in [3.8, 4) is 0 Å². The third kappa shape index (κ3) is 1.87. The number of aliphatic hydroxyl groups is 2. The van der Waals surface area contributed by atoms with Gasteiger partial charge in [0, 0.05) is 12.5 Å². The molecule has 1 aliphatic rings. The van der Waals surface area contributed by atoms with Crippen LogP contribution >= 0.6 is 0 Å². The SMILES string of the molecule is C/C=C/C1(O)CCCCC1CO. The average Bonchev–Trinajstić information content (AvgIpc) is 2.05. The molecule has 2 atom stereocenters. The van der Waals surface area contributed by atoms with Crippen molar-refractivity contribution in [1.29, 1.82) is 0 Å². The Bertz CT molecular complexity index is 165. The van der Waals surface area contributed by atoms with Gasteiger partial charge >= 0.3 is 0 Å². The highest BCUT2D eigenvalue weighted by Gasteiger charge is 2.35. The molecule has 1 rings (SSSR count). The summed E-state index contributed by atoms with van der Waals surface area (Å²) in [7, 11) is 0. The first-order chi connectivity index (χ1) is 5.73. The van der Waals surface area contributed by atoms with Crippen molar-refractivity contribution in [3.05, 3.63) is 12.2 Å². The normalized spacial score (nSPS) is 37.4. The zero-order chi connectivity index (χ0) is 9.03. The van der Waals surface area contributed by atoms with E-state index in [-0.39, 0.29) is 12.5 Å². The maximum absolute atomic E-state index is 10.1. The quantitative estimate of drug-likeness (QED) is 0.616. The second-order valence-electron chi connectivity index (χ2n) is 3.62. The molecule has 0 aliphatic heterocycles. The van der Waals surface area contributed by atoms with Crippen molar-refractivity contribution in [1.82, 2.24) is 0 Å². The Balaban J connectivity index is 2.68. The van der Waals surface area contributed by atoms with Crippen LogP contribution in [-0.2, 0) is 0 Å². The third-order valence-corrected chi connectivity index (χ3v) is 2.76. The van der Waals surface area contributed by atoms with Crippen LogP contribution in [0.4, 0.5) is 0 Å². The van der Waals surface area contributed by atoms with Gasteiger partial charge in [0.25, 0.3) is 0 Å². The minimum atomic E-state index is -0.734. The van der Waals surface area contributed by atoms with Crippen molar-refractivity contribution in [2.24, 2.45) is 5.92 Å². The number of hydrogen-bond acceptors (Lipinski definition) is 2. The van der Waals surface area contributed by atoms with Crippen LogP contribution in [0.3, 0.4) is 0 Å². The van der Waals surface area contributed by atoms with Gasteiger partial charge in [-0.05, 0) is 19.8 Å². The predicted octanol–water partition coefficient (Wildman–Crippen LogP) is 1.48. The Hall–Kier alpha value is -0.340. The highest BCUT2D eigenvalue weighted by molar-refractivity contribution is 5.05. The van der Waals surface area contributed by atoms with E-state index in [9.17, 15) is 5.11 Å². The average molecular weight is 170 g/mol. The van der Waals surface area contributed by atoms with E-state index in [1.165, 1.54) is 0 Å². The second kappa shape index (κ2) is 4.06. The smallest absolute Gasteiger partial charge is 0.0877 e. The zero-order valence-electron chi connectivity index (χ0n) is 7.66. The zero-order valence-corrected chi connectivity index (χ0v) is 7.66. The third-order valence-electron chi connectivity index (χ3n) is 2.76. The first-order valence-corrected chi connectivity index (χ1v) is 4.70. The maximum Gasteiger partial charge on any atom is 0.0877 e. The molecule has 0 bridgehead atoms. The van der Waals surface area contributed by atoms with Gasteiger partial charge in [-0.1, -0.05) is 25.0 Å². The summed E-state index contributed by atoms with van der Waals surface area (Å²) in [5.41, 5.74) is -0.734. The lowest BCUT2D eigenvalue weighted by Crippen LogP contribution is -2.40. The molecule has 2 N–H and O–H groups in total. The molecule has 0 aromatic rings. The summed E-state index contributed by atoms with van der Waals surface area (Å²) < 4.78 is 0. The Kier molecular flexibility index (Phi) is 3.29. The lowest BCUT2D eigenvalue weighted by atomic mass is 9.75. The van der Waals surface area contributed by atoms with Crippen molar-refractivity contribution in [3.63, 3.8) is 0 Å². The molecule has 2 nitrogen and oxygen atoms in total. The topological polar surface area (TPSA) is 40.5 Å². The minimum absolute atomic E-state index is 0.0439. The van der Waals surface area contributed by atoms with E-state index in [0.29, 0.717) is 0 Å². The van der Waals surface area contributed by atoms with Gasteiger partial charge in [-0.2, -0.15) is 0 Å². The highest BCUT2D eigenvalue weighted by atomic mass is 16.3. The van der Waals surface area contributed by atoms with Crippen molar-refractivity contribution in [2.45, 2.75) is 38.2 Å². The first kappa shape index (κ1) is 9.75. The number of aliphatic hydroxyl groups excluding tert-OH is 1. The van der Waals surface area contributed by atoms with Crippen molar-refractivity contribution in [2.75, 3.05) is 6.61 Å². The molecule has 12 heavy (non-hydrogen) atoms. The summed E-state index contributed by atoms with van der Waals surface area (Å²) in [5, 5.41) is 19.1. The summed E-state index contributed by atoms with van der Waals surface area (Å²) in [5.74, 6) is 0.0439. The fraction of sp³-hybridized carbons (Fsp3) is 0.800. The minimum Gasteiger partial charge on any atom is -0.396 e. The Morgan fingerprint density at radius 3 is 2.83 bits per heavy atom. The van der Waals surface area contributed by atoms with Crippen LogP contribution in [0.1, 0.15) is 32.6 Å². The number of allylic oxidation sites excluding steroid dienone is 1. The van der Waals surface area contributed by atoms with E-state index >= 15 is 0 Å². The molecule has 1 aliphatic carbocycles. The lowest BCUT2D eigenvalue weighted by molar-refractivity contribution is -0.0281. The number of rotatable bonds is 2. The molecule has 1 fully saturated rings. The predicted molar refractivity (Wildman–Crippen MR) is 48.8 cm³/mol. The van der Waals surface area contributed by atoms with E-state index in [1.807, 2.05) is 19.1 Å². The van der Waals surface area contributed by atoms with Gasteiger partial charge in [-0.15, -0.1) is 0 Å². The van der Waals surface area contributed by atoms with Gasteiger partial charge in [0.05, 0.1) is 5.60 Å². The summed E-state index contributed by atoms with van der Waals surface area (Å²) in [6, 6.07) is 0. The molecular weight excluding hydrogens is 152 g/mol. The van der Waals surface area contributed by atoms with E-state index < -0.39 is 5.60 Å².